The topological polar surface area (TPSA) is 63.7 Å². The highest BCUT2D eigenvalue weighted by Gasteiger charge is 2.38. The van der Waals surface area contributed by atoms with E-state index in [1.165, 1.54) is 0 Å². The van der Waals surface area contributed by atoms with Crippen molar-refractivity contribution in [2.24, 2.45) is 0 Å². The molecule has 0 fully saturated rings. The van der Waals surface area contributed by atoms with Crippen LogP contribution in [0.1, 0.15) is 33.3 Å². The van der Waals surface area contributed by atoms with Gasteiger partial charge in [-0.15, -0.1) is 0 Å². The van der Waals surface area contributed by atoms with Crippen molar-refractivity contribution in [3.8, 4) is 11.5 Å². The van der Waals surface area contributed by atoms with Crippen molar-refractivity contribution in [1.82, 2.24) is 9.88 Å². The number of halogens is 1. The first-order valence-electron chi connectivity index (χ1n) is 9.51. The van der Waals surface area contributed by atoms with Crippen molar-refractivity contribution in [3.05, 3.63) is 82.1 Å². The number of methoxy groups -OCH3 is 2. The van der Waals surface area contributed by atoms with Gasteiger partial charge in [0.25, 0.3) is 5.91 Å². The molecule has 2 aromatic carbocycles. The lowest BCUT2D eigenvalue weighted by Gasteiger charge is -2.27. The van der Waals surface area contributed by atoms with Crippen LogP contribution in [-0.4, -0.2) is 30.0 Å². The molecule has 7 heteroatoms. The second-order valence-electron chi connectivity index (χ2n) is 7.07. The average molecular weight is 424 g/mol. The highest BCUT2D eigenvalue weighted by molar-refractivity contribution is 6.31. The molecular formula is C23H22ClN3O3. The molecule has 30 heavy (non-hydrogen) atoms. The number of nitrogens with zero attached hydrogens (tertiary/aromatic N) is 2. The van der Waals surface area contributed by atoms with Crippen molar-refractivity contribution in [3.63, 3.8) is 0 Å². The summed E-state index contributed by atoms with van der Waals surface area (Å²) in [6, 6.07) is 14.9. The Hall–Kier alpha value is -3.25. The van der Waals surface area contributed by atoms with Gasteiger partial charge < -0.3 is 19.7 Å². The second-order valence-corrected chi connectivity index (χ2v) is 7.47. The van der Waals surface area contributed by atoms with E-state index in [-0.39, 0.29) is 5.91 Å². The molecule has 0 saturated carbocycles. The largest absolute Gasteiger partial charge is 0.497 e. The smallest absolute Gasteiger partial charge is 0.258 e. The van der Waals surface area contributed by atoms with Crippen molar-refractivity contribution in [2.45, 2.75) is 19.6 Å². The standard InChI is InChI=1S/C23H22ClN3O3/c1-14-11-19(20(30-3)12-18(14)24)26-22-21-17(5-4-10-25-21)23(28)27(22)13-15-6-8-16(29-2)9-7-15/h4-12,22,26H,13H2,1-3H3/t22-/m0/s1. The van der Waals surface area contributed by atoms with Gasteiger partial charge in [0.2, 0.25) is 0 Å². The summed E-state index contributed by atoms with van der Waals surface area (Å²) in [5.74, 6) is 1.30. The number of carbonyl (C=O) groups excluding carboxylic acids is 1. The van der Waals surface area contributed by atoms with Crippen LogP contribution < -0.4 is 14.8 Å². The fraction of sp³-hybridized carbons (Fsp3) is 0.217. The first-order chi connectivity index (χ1) is 14.5. The van der Waals surface area contributed by atoms with Gasteiger partial charge in [0.15, 0.2) is 0 Å². The van der Waals surface area contributed by atoms with Gasteiger partial charge >= 0.3 is 0 Å². The van der Waals surface area contributed by atoms with E-state index in [1.54, 1.807) is 43.5 Å². The van der Waals surface area contributed by atoms with Crippen LogP contribution in [0.5, 0.6) is 11.5 Å². The Balaban J connectivity index is 1.70. The second kappa shape index (κ2) is 8.24. The van der Waals surface area contributed by atoms with E-state index in [0.29, 0.717) is 28.6 Å². The molecule has 1 atom stereocenters. The zero-order valence-electron chi connectivity index (χ0n) is 17.0. The van der Waals surface area contributed by atoms with E-state index < -0.39 is 6.17 Å². The summed E-state index contributed by atoms with van der Waals surface area (Å²) in [7, 11) is 3.22. The number of rotatable bonds is 6. The quantitative estimate of drug-likeness (QED) is 0.615. The molecule has 1 N–H and O–H groups in total. The Morgan fingerprint density at radius 2 is 1.90 bits per heavy atom. The van der Waals surface area contributed by atoms with Crippen molar-refractivity contribution >= 4 is 23.2 Å². The number of benzene rings is 2. The number of ether oxygens (including phenoxy) is 2. The molecule has 1 aliphatic rings. The number of aromatic nitrogens is 1. The minimum Gasteiger partial charge on any atom is -0.497 e. The fourth-order valence-corrected chi connectivity index (χ4v) is 3.72. The molecule has 0 saturated heterocycles. The van der Waals surface area contributed by atoms with E-state index in [2.05, 4.69) is 10.3 Å². The number of hydrogen-bond acceptors (Lipinski definition) is 5. The third kappa shape index (κ3) is 3.66. The molecule has 0 spiro atoms. The molecule has 4 rings (SSSR count). The maximum absolute atomic E-state index is 13.2. The predicted octanol–water partition coefficient (Wildman–Crippen LogP) is 4.83. The number of amides is 1. The molecular weight excluding hydrogens is 402 g/mol. The number of nitrogens with one attached hydrogen (secondary N) is 1. The van der Waals surface area contributed by atoms with Gasteiger partial charge in [0, 0.05) is 23.8 Å². The lowest BCUT2D eigenvalue weighted by atomic mass is 10.1. The van der Waals surface area contributed by atoms with E-state index in [9.17, 15) is 4.79 Å². The van der Waals surface area contributed by atoms with Crippen molar-refractivity contribution < 1.29 is 14.3 Å². The molecule has 1 aliphatic heterocycles. The minimum atomic E-state index is -0.440. The maximum Gasteiger partial charge on any atom is 0.258 e. The zero-order chi connectivity index (χ0) is 21.3. The van der Waals surface area contributed by atoms with Gasteiger partial charge in [-0.3, -0.25) is 9.78 Å². The van der Waals surface area contributed by atoms with Gasteiger partial charge in [-0.1, -0.05) is 23.7 Å². The number of hydrogen-bond donors (Lipinski definition) is 1. The number of carbonyl (C=O) groups is 1. The van der Waals surface area contributed by atoms with Crippen LogP contribution in [0.4, 0.5) is 5.69 Å². The molecule has 0 aliphatic carbocycles. The molecule has 2 heterocycles. The van der Waals surface area contributed by atoms with Crippen LogP contribution in [0.3, 0.4) is 0 Å². The molecule has 1 amide bonds. The van der Waals surface area contributed by atoms with Gasteiger partial charge in [-0.2, -0.15) is 0 Å². The van der Waals surface area contributed by atoms with E-state index in [0.717, 1.165) is 22.6 Å². The number of aryl methyl sites for hydroxylation is 1. The summed E-state index contributed by atoms with van der Waals surface area (Å²) in [6.07, 6.45) is 1.26. The average Bonchev–Trinajstić information content (AvgIpc) is 3.02. The molecule has 0 bridgehead atoms. The van der Waals surface area contributed by atoms with Crippen LogP contribution in [0.2, 0.25) is 5.02 Å². The Labute approximate surface area is 180 Å². The summed E-state index contributed by atoms with van der Waals surface area (Å²) >= 11 is 6.25. The first-order valence-corrected chi connectivity index (χ1v) is 9.89. The fourth-order valence-electron chi connectivity index (χ4n) is 3.57. The third-order valence-electron chi connectivity index (χ3n) is 5.19. The number of pyridine rings is 1. The number of anilines is 1. The highest BCUT2D eigenvalue weighted by Crippen LogP contribution is 2.38. The Morgan fingerprint density at radius 1 is 1.13 bits per heavy atom. The van der Waals surface area contributed by atoms with Crippen LogP contribution in [0.25, 0.3) is 0 Å². The Bertz CT molecular complexity index is 1090. The van der Waals surface area contributed by atoms with Gasteiger partial charge in [0.05, 0.1) is 31.2 Å². The maximum atomic E-state index is 13.2. The van der Waals surface area contributed by atoms with Gasteiger partial charge in [-0.05, 0) is 48.4 Å². The monoisotopic (exact) mass is 423 g/mol. The molecule has 0 unspecified atom stereocenters. The lowest BCUT2D eigenvalue weighted by Crippen LogP contribution is -2.32. The molecule has 3 aromatic rings. The van der Waals surface area contributed by atoms with Crippen LogP contribution in [0.15, 0.2) is 54.7 Å². The third-order valence-corrected chi connectivity index (χ3v) is 5.59. The Morgan fingerprint density at radius 3 is 2.60 bits per heavy atom. The van der Waals surface area contributed by atoms with Crippen molar-refractivity contribution in [1.29, 1.82) is 0 Å². The summed E-state index contributed by atoms with van der Waals surface area (Å²) in [5, 5.41) is 4.06. The Kier molecular flexibility index (Phi) is 5.50. The van der Waals surface area contributed by atoms with Gasteiger partial charge in [-0.25, -0.2) is 0 Å². The highest BCUT2D eigenvalue weighted by atomic mass is 35.5. The summed E-state index contributed by atoms with van der Waals surface area (Å²) < 4.78 is 10.7. The van der Waals surface area contributed by atoms with Crippen LogP contribution in [-0.2, 0) is 6.54 Å². The summed E-state index contributed by atoms with van der Waals surface area (Å²) in [6.45, 7) is 2.35. The normalized spacial score (nSPS) is 15.1. The molecule has 0 radical (unpaired) electrons. The summed E-state index contributed by atoms with van der Waals surface area (Å²) in [4.78, 5) is 19.4. The first kappa shape index (κ1) is 20.0. The predicted molar refractivity (Wildman–Crippen MR) is 116 cm³/mol. The minimum absolute atomic E-state index is 0.0731. The van der Waals surface area contributed by atoms with Gasteiger partial charge in [0.1, 0.15) is 17.7 Å². The molecule has 1 aromatic heterocycles. The molecule has 154 valence electrons. The molecule has 6 nitrogen and oxygen atoms in total. The van der Waals surface area contributed by atoms with E-state index in [4.69, 9.17) is 21.1 Å². The van der Waals surface area contributed by atoms with E-state index >= 15 is 0 Å². The SMILES string of the molecule is COc1ccc(CN2C(=O)c3cccnc3[C@H]2Nc2cc(C)c(Cl)cc2OC)cc1. The van der Waals surface area contributed by atoms with Crippen LogP contribution in [0, 0.1) is 6.92 Å². The van der Waals surface area contributed by atoms with E-state index in [1.807, 2.05) is 37.3 Å². The van der Waals surface area contributed by atoms with Crippen LogP contribution >= 0.6 is 11.6 Å². The van der Waals surface area contributed by atoms with Crippen molar-refractivity contribution in [2.75, 3.05) is 19.5 Å². The lowest BCUT2D eigenvalue weighted by molar-refractivity contribution is 0.0727. The zero-order valence-corrected chi connectivity index (χ0v) is 17.7. The number of fused-ring (bicyclic) bond motifs is 1. The summed E-state index contributed by atoms with van der Waals surface area (Å²) in [5.41, 5.74) is 3.92.